The highest BCUT2D eigenvalue weighted by Crippen LogP contribution is 2.28. The topological polar surface area (TPSA) is 80.4 Å². The van der Waals surface area contributed by atoms with Gasteiger partial charge in [0.1, 0.15) is 11.6 Å². The summed E-state index contributed by atoms with van der Waals surface area (Å²) in [5, 5.41) is 3.60. The van der Waals surface area contributed by atoms with Gasteiger partial charge < -0.3 is 14.6 Å². The molecule has 1 N–H and O–H groups in total. The number of carbonyl (C=O) groups excluding carboxylic acids is 1. The van der Waals surface area contributed by atoms with Crippen LogP contribution in [0.25, 0.3) is 16.6 Å². The average molecular weight is 473 g/mol. The van der Waals surface area contributed by atoms with Crippen LogP contribution in [0.15, 0.2) is 76.1 Å². The third-order valence-corrected chi connectivity index (χ3v) is 5.80. The smallest absolute Gasteiger partial charge is 0.318 e. The van der Waals surface area contributed by atoms with E-state index in [-0.39, 0.29) is 18.1 Å². The number of benzene rings is 2. The van der Waals surface area contributed by atoms with Gasteiger partial charge in [0.05, 0.1) is 35.4 Å². The van der Waals surface area contributed by atoms with E-state index in [1.807, 2.05) is 83.1 Å². The minimum atomic E-state index is -0.485. The van der Waals surface area contributed by atoms with Gasteiger partial charge in [0, 0.05) is 5.54 Å². The fourth-order valence-corrected chi connectivity index (χ4v) is 4.15. The molecular formula is C28H32N4O3. The van der Waals surface area contributed by atoms with Gasteiger partial charge in [0.15, 0.2) is 0 Å². The van der Waals surface area contributed by atoms with Crippen LogP contribution >= 0.6 is 0 Å². The minimum Gasteiger partial charge on any atom is -0.467 e. The van der Waals surface area contributed by atoms with Crippen LogP contribution < -0.4 is 10.9 Å². The number of furan rings is 1. The number of urea groups is 1. The van der Waals surface area contributed by atoms with Gasteiger partial charge in [-0.1, -0.05) is 36.8 Å². The Labute approximate surface area is 205 Å². The summed E-state index contributed by atoms with van der Waals surface area (Å²) >= 11 is 0. The van der Waals surface area contributed by atoms with E-state index in [1.165, 1.54) is 0 Å². The van der Waals surface area contributed by atoms with Gasteiger partial charge in [-0.05, 0) is 70.5 Å². The number of nitrogens with one attached hydrogen (secondary N) is 1. The van der Waals surface area contributed by atoms with Crippen molar-refractivity contribution in [2.75, 3.05) is 0 Å². The molecule has 0 bridgehead atoms. The molecule has 0 saturated heterocycles. The molecule has 4 rings (SSSR count). The maximum absolute atomic E-state index is 13.8. The summed E-state index contributed by atoms with van der Waals surface area (Å²) in [4.78, 5) is 34.0. The number of amides is 2. The molecule has 7 nitrogen and oxygen atoms in total. The molecule has 7 heteroatoms. The Morgan fingerprint density at radius 1 is 1.09 bits per heavy atom. The summed E-state index contributed by atoms with van der Waals surface area (Å²) < 4.78 is 7.22. The summed E-state index contributed by atoms with van der Waals surface area (Å²) in [6, 6.07) is 18.0. The van der Waals surface area contributed by atoms with Crippen molar-refractivity contribution in [3.05, 3.63) is 94.4 Å². The maximum atomic E-state index is 13.8. The molecular weight excluding hydrogens is 440 g/mol. The molecule has 1 unspecified atom stereocenters. The van der Waals surface area contributed by atoms with Crippen molar-refractivity contribution in [2.45, 2.75) is 59.2 Å². The SMILES string of the molecule is CCC(c1nc2ccccc2c(=O)n1-c1ccc(C)cc1)N(Cc1ccco1)C(=O)NC(C)(C)C. The second kappa shape index (κ2) is 9.78. The van der Waals surface area contributed by atoms with Crippen LogP contribution in [0.2, 0.25) is 0 Å². The first-order valence-electron chi connectivity index (χ1n) is 11.9. The predicted molar refractivity (Wildman–Crippen MR) is 138 cm³/mol. The van der Waals surface area contributed by atoms with Crippen molar-refractivity contribution in [2.24, 2.45) is 0 Å². The Morgan fingerprint density at radius 3 is 2.43 bits per heavy atom. The fourth-order valence-electron chi connectivity index (χ4n) is 4.15. The van der Waals surface area contributed by atoms with Crippen molar-refractivity contribution in [3.8, 4) is 5.69 Å². The number of para-hydroxylation sites is 1. The number of nitrogens with zero attached hydrogens (tertiary/aromatic N) is 3. The molecule has 182 valence electrons. The first-order chi connectivity index (χ1) is 16.7. The van der Waals surface area contributed by atoms with Gasteiger partial charge >= 0.3 is 6.03 Å². The summed E-state index contributed by atoms with van der Waals surface area (Å²) in [5.74, 6) is 1.16. The molecule has 2 aromatic heterocycles. The van der Waals surface area contributed by atoms with Gasteiger partial charge in [-0.15, -0.1) is 0 Å². The molecule has 2 amide bonds. The van der Waals surface area contributed by atoms with Crippen molar-refractivity contribution < 1.29 is 9.21 Å². The van der Waals surface area contributed by atoms with Gasteiger partial charge in [0.2, 0.25) is 0 Å². The first-order valence-corrected chi connectivity index (χ1v) is 11.9. The molecule has 0 spiro atoms. The second-order valence-corrected chi connectivity index (χ2v) is 9.77. The van der Waals surface area contributed by atoms with Gasteiger partial charge in [-0.2, -0.15) is 0 Å². The molecule has 35 heavy (non-hydrogen) atoms. The minimum absolute atomic E-state index is 0.165. The number of carbonyl (C=O) groups is 1. The molecule has 0 fully saturated rings. The van der Waals surface area contributed by atoms with E-state index in [9.17, 15) is 9.59 Å². The van der Waals surface area contributed by atoms with Crippen LogP contribution in [0.1, 0.15) is 57.3 Å². The molecule has 2 heterocycles. The van der Waals surface area contributed by atoms with E-state index >= 15 is 0 Å². The maximum Gasteiger partial charge on any atom is 0.318 e. The standard InChI is InChI=1S/C28H32N4O3/c1-6-24(31(18-21-10-9-17-35-21)27(34)30-28(3,4)5)25-29-23-12-8-7-11-22(23)26(33)32(25)20-15-13-19(2)14-16-20/h7-17,24H,6,18H2,1-5H3,(H,30,34). The van der Waals surface area contributed by atoms with Crippen LogP contribution in [0.4, 0.5) is 4.79 Å². The Morgan fingerprint density at radius 2 is 1.80 bits per heavy atom. The largest absolute Gasteiger partial charge is 0.467 e. The quantitative estimate of drug-likeness (QED) is 0.388. The number of hydrogen-bond acceptors (Lipinski definition) is 4. The summed E-state index contributed by atoms with van der Waals surface area (Å²) in [6.45, 7) is 10.0. The first kappa shape index (κ1) is 24.3. The second-order valence-electron chi connectivity index (χ2n) is 9.77. The third-order valence-electron chi connectivity index (χ3n) is 5.80. The highest BCUT2D eigenvalue weighted by molar-refractivity contribution is 5.78. The van der Waals surface area contributed by atoms with E-state index in [2.05, 4.69) is 5.32 Å². The monoisotopic (exact) mass is 472 g/mol. The summed E-state index contributed by atoms with van der Waals surface area (Å²) in [5.41, 5.74) is 1.80. The van der Waals surface area contributed by atoms with Crippen LogP contribution in [0.3, 0.4) is 0 Å². The van der Waals surface area contributed by atoms with E-state index in [1.54, 1.807) is 27.9 Å². The average Bonchev–Trinajstić information content (AvgIpc) is 3.32. The molecule has 2 aromatic carbocycles. The zero-order valence-corrected chi connectivity index (χ0v) is 20.9. The number of aromatic nitrogens is 2. The Balaban J connectivity index is 1.93. The lowest BCUT2D eigenvalue weighted by Crippen LogP contribution is -2.50. The molecule has 0 aliphatic heterocycles. The molecule has 4 aromatic rings. The van der Waals surface area contributed by atoms with Gasteiger partial charge in [-0.3, -0.25) is 9.36 Å². The molecule has 0 aliphatic carbocycles. The zero-order valence-electron chi connectivity index (χ0n) is 20.9. The molecule has 0 saturated carbocycles. The van der Waals surface area contributed by atoms with Gasteiger partial charge in [-0.25, -0.2) is 9.78 Å². The fraction of sp³-hybridized carbons (Fsp3) is 0.321. The van der Waals surface area contributed by atoms with E-state index in [0.29, 0.717) is 34.6 Å². The number of hydrogen-bond donors (Lipinski definition) is 1. The summed E-state index contributed by atoms with van der Waals surface area (Å²) in [6.07, 6.45) is 2.14. The molecule has 0 aliphatic rings. The highest BCUT2D eigenvalue weighted by Gasteiger charge is 2.31. The summed E-state index contributed by atoms with van der Waals surface area (Å²) in [7, 11) is 0. The number of fused-ring (bicyclic) bond motifs is 1. The zero-order chi connectivity index (χ0) is 25.2. The van der Waals surface area contributed by atoms with Crippen molar-refractivity contribution in [3.63, 3.8) is 0 Å². The van der Waals surface area contributed by atoms with Crippen LogP contribution in [-0.4, -0.2) is 26.0 Å². The van der Waals surface area contributed by atoms with E-state index < -0.39 is 11.6 Å². The Kier molecular flexibility index (Phi) is 6.78. The van der Waals surface area contributed by atoms with Crippen molar-refractivity contribution >= 4 is 16.9 Å². The molecule has 1 atom stereocenters. The van der Waals surface area contributed by atoms with E-state index in [4.69, 9.17) is 9.40 Å². The lowest BCUT2D eigenvalue weighted by atomic mass is 10.1. The van der Waals surface area contributed by atoms with Crippen LogP contribution in [0.5, 0.6) is 0 Å². The normalized spacial score (nSPS) is 12.5. The van der Waals surface area contributed by atoms with Crippen molar-refractivity contribution in [1.82, 2.24) is 19.8 Å². The predicted octanol–water partition coefficient (Wildman–Crippen LogP) is 5.75. The van der Waals surface area contributed by atoms with Gasteiger partial charge in [0.25, 0.3) is 5.56 Å². The van der Waals surface area contributed by atoms with Crippen LogP contribution in [-0.2, 0) is 6.54 Å². The van der Waals surface area contributed by atoms with E-state index in [0.717, 1.165) is 5.56 Å². The third kappa shape index (κ3) is 5.29. The highest BCUT2D eigenvalue weighted by atomic mass is 16.3. The van der Waals surface area contributed by atoms with Crippen LogP contribution in [0, 0.1) is 6.92 Å². The lowest BCUT2D eigenvalue weighted by Gasteiger charge is -2.34. The lowest BCUT2D eigenvalue weighted by molar-refractivity contribution is 0.150. The van der Waals surface area contributed by atoms with Crippen molar-refractivity contribution in [1.29, 1.82) is 0 Å². The number of aryl methyl sites for hydroxylation is 1. The number of rotatable bonds is 6. The Hall–Kier alpha value is -3.87. The Bertz CT molecular complexity index is 1370. The molecule has 0 radical (unpaired) electrons.